The predicted octanol–water partition coefficient (Wildman–Crippen LogP) is 7.15. The molecule has 0 fully saturated rings. The lowest BCUT2D eigenvalue weighted by Gasteiger charge is -2.21. The molecular formula is C26H30N2O2S2. The number of esters is 1. The number of nitrogens with one attached hydrogen (secondary N) is 2. The van der Waals surface area contributed by atoms with Crippen LogP contribution in [-0.4, -0.2) is 18.2 Å². The van der Waals surface area contributed by atoms with Gasteiger partial charge in [-0.1, -0.05) is 75.4 Å². The van der Waals surface area contributed by atoms with Crippen molar-refractivity contribution in [3.05, 3.63) is 77.4 Å². The maximum atomic E-state index is 12.4. The monoisotopic (exact) mass is 466 g/mol. The van der Waals surface area contributed by atoms with E-state index in [0.717, 1.165) is 23.3 Å². The van der Waals surface area contributed by atoms with Gasteiger partial charge in [0, 0.05) is 4.88 Å². The minimum atomic E-state index is -0.388. The molecule has 3 rings (SSSR count). The lowest BCUT2D eigenvalue weighted by molar-refractivity contribution is 0.0602. The van der Waals surface area contributed by atoms with Crippen LogP contribution in [0, 0.1) is 0 Å². The Morgan fingerprint density at radius 3 is 2.28 bits per heavy atom. The normalized spacial score (nSPS) is 12.6. The minimum absolute atomic E-state index is 0.0797. The van der Waals surface area contributed by atoms with Gasteiger partial charge < -0.3 is 15.4 Å². The number of hydrogen-bond acceptors (Lipinski definition) is 4. The zero-order chi connectivity index (χ0) is 23.1. The molecule has 0 aliphatic rings. The minimum Gasteiger partial charge on any atom is -0.465 e. The Labute approximate surface area is 200 Å². The van der Waals surface area contributed by atoms with Crippen molar-refractivity contribution in [2.75, 3.05) is 12.4 Å². The van der Waals surface area contributed by atoms with Gasteiger partial charge >= 0.3 is 5.97 Å². The largest absolute Gasteiger partial charge is 0.465 e. The van der Waals surface area contributed by atoms with Gasteiger partial charge in [0.05, 0.1) is 18.7 Å². The van der Waals surface area contributed by atoms with Gasteiger partial charge in [0.25, 0.3) is 0 Å². The maximum absolute atomic E-state index is 12.4. The number of hydrogen-bond donors (Lipinski definition) is 2. The summed E-state index contributed by atoms with van der Waals surface area (Å²) in [6, 6.07) is 20.6. The number of thiocarbonyl (C=S) groups is 1. The first-order valence-corrected chi connectivity index (χ1v) is 12.1. The third kappa shape index (κ3) is 5.75. The van der Waals surface area contributed by atoms with Gasteiger partial charge in [-0.2, -0.15) is 0 Å². The van der Waals surface area contributed by atoms with Crippen molar-refractivity contribution in [1.29, 1.82) is 0 Å². The zero-order valence-electron chi connectivity index (χ0n) is 19.0. The van der Waals surface area contributed by atoms with Crippen molar-refractivity contribution < 1.29 is 9.53 Å². The molecule has 2 N–H and O–H groups in total. The molecular weight excluding hydrogens is 436 g/mol. The van der Waals surface area contributed by atoms with Gasteiger partial charge in [0.1, 0.15) is 5.00 Å². The van der Waals surface area contributed by atoms with Crippen molar-refractivity contribution in [2.24, 2.45) is 0 Å². The predicted molar refractivity (Wildman–Crippen MR) is 139 cm³/mol. The summed E-state index contributed by atoms with van der Waals surface area (Å²) in [5, 5.41) is 7.79. The standard InChI is InChI=1S/C26H30N2O2S2/c1-5-17(3)18-12-14-19(15-13-18)22(6-2)27-26(31)28-24-21(25(29)30-4)16-23(32-24)20-10-8-7-9-11-20/h7-17,22H,5-6H2,1-4H3,(H2,27,28,31). The fourth-order valence-corrected chi connectivity index (χ4v) is 4.87. The van der Waals surface area contributed by atoms with Crippen molar-refractivity contribution in [1.82, 2.24) is 5.32 Å². The summed E-state index contributed by atoms with van der Waals surface area (Å²) in [4.78, 5) is 13.3. The molecule has 0 spiro atoms. The van der Waals surface area contributed by atoms with Crippen LogP contribution >= 0.6 is 23.6 Å². The molecule has 0 amide bonds. The van der Waals surface area contributed by atoms with Gasteiger partial charge in [-0.05, 0) is 53.7 Å². The van der Waals surface area contributed by atoms with Crippen LogP contribution in [0.3, 0.4) is 0 Å². The van der Waals surface area contributed by atoms with Gasteiger partial charge in [-0.15, -0.1) is 11.3 Å². The second-order valence-electron chi connectivity index (χ2n) is 7.75. The topological polar surface area (TPSA) is 50.4 Å². The molecule has 1 aromatic heterocycles. The number of anilines is 1. The Kier molecular flexibility index (Phi) is 8.42. The molecule has 0 saturated carbocycles. The van der Waals surface area contributed by atoms with E-state index in [1.807, 2.05) is 36.4 Å². The first kappa shape index (κ1) is 24.0. The summed E-state index contributed by atoms with van der Waals surface area (Å²) >= 11 is 7.09. The molecule has 2 atom stereocenters. The summed E-state index contributed by atoms with van der Waals surface area (Å²) in [5.41, 5.74) is 4.06. The summed E-state index contributed by atoms with van der Waals surface area (Å²) < 4.78 is 4.98. The highest BCUT2D eigenvalue weighted by atomic mass is 32.1. The molecule has 32 heavy (non-hydrogen) atoms. The number of carbonyl (C=O) groups excluding carboxylic acids is 1. The molecule has 0 saturated heterocycles. The maximum Gasteiger partial charge on any atom is 0.340 e. The van der Waals surface area contributed by atoms with Gasteiger partial charge in [-0.25, -0.2) is 4.79 Å². The molecule has 0 aliphatic carbocycles. The van der Waals surface area contributed by atoms with E-state index < -0.39 is 0 Å². The van der Waals surface area contributed by atoms with E-state index in [-0.39, 0.29) is 12.0 Å². The summed E-state index contributed by atoms with van der Waals surface area (Å²) in [6.07, 6.45) is 2.01. The molecule has 0 aliphatic heterocycles. The number of thiophene rings is 1. The van der Waals surface area contributed by atoms with Gasteiger partial charge in [0.15, 0.2) is 5.11 Å². The summed E-state index contributed by atoms with van der Waals surface area (Å²) in [5.74, 6) is 0.163. The second-order valence-corrected chi connectivity index (χ2v) is 9.21. The van der Waals surface area contributed by atoms with E-state index in [1.165, 1.54) is 29.6 Å². The van der Waals surface area contributed by atoms with Crippen molar-refractivity contribution in [2.45, 2.75) is 45.6 Å². The highest BCUT2D eigenvalue weighted by Gasteiger charge is 2.19. The third-order valence-electron chi connectivity index (χ3n) is 5.66. The summed E-state index contributed by atoms with van der Waals surface area (Å²) in [6.45, 7) is 6.57. The molecule has 3 aromatic rings. The highest BCUT2D eigenvalue weighted by molar-refractivity contribution is 7.80. The molecule has 4 nitrogen and oxygen atoms in total. The average molecular weight is 467 g/mol. The lowest BCUT2D eigenvalue weighted by atomic mass is 9.95. The van der Waals surface area contributed by atoms with Gasteiger partial charge in [-0.3, -0.25) is 0 Å². The van der Waals surface area contributed by atoms with E-state index in [0.29, 0.717) is 21.6 Å². The molecule has 0 bridgehead atoms. The van der Waals surface area contributed by atoms with Crippen LogP contribution in [-0.2, 0) is 4.74 Å². The molecule has 168 valence electrons. The molecule has 0 radical (unpaired) electrons. The Morgan fingerprint density at radius 2 is 1.69 bits per heavy atom. The van der Waals surface area contributed by atoms with Crippen LogP contribution in [0.2, 0.25) is 0 Å². The van der Waals surface area contributed by atoms with E-state index >= 15 is 0 Å². The van der Waals surface area contributed by atoms with Crippen molar-refractivity contribution >= 4 is 39.6 Å². The quantitative estimate of drug-likeness (QED) is 0.273. The van der Waals surface area contributed by atoms with Crippen LogP contribution in [0.5, 0.6) is 0 Å². The molecule has 1 heterocycles. The average Bonchev–Trinajstić information content (AvgIpc) is 3.25. The Balaban J connectivity index is 1.76. The molecule has 6 heteroatoms. The number of methoxy groups -OCH3 is 1. The Morgan fingerprint density at radius 1 is 1.03 bits per heavy atom. The fraction of sp³-hybridized carbons (Fsp3) is 0.308. The number of benzene rings is 2. The zero-order valence-corrected chi connectivity index (χ0v) is 20.6. The smallest absolute Gasteiger partial charge is 0.340 e. The Bertz CT molecular complexity index is 1050. The van der Waals surface area contributed by atoms with E-state index in [4.69, 9.17) is 17.0 Å². The number of carbonyl (C=O) groups is 1. The first-order valence-electron chi connectivity index (χ1n) is 10.9. The Hall–Kier alpha value is -2.70. The third-order valence-corrected chi connectivity index (χ3v) is 6.98. The van der Waals surface area contributed by atoms with Crippen LogP contribution in [0.1, 0.15) is 67.1 Å². The van der Waals surface area contributed by atoms with Crippen LogP contribution in [0.4, 0.5) is 5.00 Å². The number of rotatable bonds is 8. The SMILES string of the molecule is CCC(C)c1ccc(C(CC)NC(=S)Nc2sc(-c3ccccc3)cc2C(=O)OC)cc1. The van der Waals surface area contributed by atoms with Crippen LogP contribution < -0.4 is 10.6 Å². The number of ether oxygens (including phenoxy) is 1. The van der Waals surface area contributed by atoms with Gasteiger partial charge in [0.2, 0.25) is 0 Å². The van der Waals surface area contributed by atoms with E-state index in [9.17, 15) is 4.79 Å². The first-order chi connectivity index (χ1) is 15.5. The fourth-order valence-electron chi connectivity index (χ4n) is 3.50. The molecule has 2 aromatic carbocycles. The van der Waals surface area contributed by atoms with E-state index in [1.54, 1.807) is 0 Å². The lowest BCUT2D eigenvalue weighted by Crippen LogP contribution is -2.32. The van der Waals surface area contributed by atoms with E-state index in [2.05, 4.69) is 55.7 Å². The summed E-state index contributed by atoms with van der Waals surface area (Å²) in [7, 11) is 1.39. The van der Waals surface area contributed by atoms with Crippen LogP contribution in [0.25, 0.3) is 10.4 Å². The second kappa shape index (κ2) is 11.2. The molecule has 2 unspecified atom stereocenters. The van der Waals surface area contributed by atoms with Crippen molar-refractivity contribution in [3.8, 4) is 10.4 Å². The van der Waals surface area contributed by atoms with Crippen LogP contribution in [0.15, 0.2) is 60.7 Å². The van der Waals surface area contributed by atoms with Crippen molar-refractivity contribution in [3.63, 3.8) is 0 Å². The highest BCUT2D eigenvalue weighted by Crippen LogP contribution is 2.36.